The van der Waals surface area contributed by atoms with Gasteiger partial charge in [0.15, 0.2) is 5.69 Å². The van der Waals surface area contributed by atoms with Crippen LogP contribution in [0.5, 0.6) is 0 Å². The van der Waals surface area contributed by atoms with E-state index in [9.17, 15) is 4.79 Å². The Kier molecular flexibility index (Phi) is 5.66. The molecule has 7 heteroatoms. The zero-order valence-corrected chi connectivity index (χ0v) is 18.8. The maximum absolute atomic E-state index is 13.1. The largest absolute Gasteiger partial charge is 0.369 e. The molecule has 0 radical (unpaired) electrons. The molecular formula is C25H30N6O. The Morgan fingerprint density at radius 2 is 1.78 bits per heavy atom. The number of fused-ring (bicyclic) bond motifs is 1. The summed E-state index contributed by atoms with van der Waals surface area (Å²) in [6, 6.07) is 16.4. The number of hydrogen-bond acceptors (Lipinski definition) is 5. The molecule has 32 heavy (non-hydrogen) atoms. The van der Waals surface area contributed by atoms with Crippen LogP contribution < -0.4 is 10.2 Å². The van der Waals surface area contributed by atoms with Crippen LogP contribution in [0.4, 0.5) is 5.69 Å². The van der Waals surface area contributed by atoms with E-state index < -0.39 is 0 Å². The Morgan fingerprint density at radius 1 is 1.00 bits per heavy atom. The van der Waals surface area contributed by atoms with Gasteiger partial charge in [-0.05, 0) is 62.6 Å². The number of benzene rings is 2. The molecule has 1 N–H and O–H groups in total. The van der Waals surface area contributed by atoms with Crippen molar-refractivity contribution in [1.29, 1.82) is 0 Å². The van der Waals surface area contributed by atoms with Gasteiger partial charge in [-0.1, -0.05) is 30.3 Å². The van der Waals surface area contributed by atoms with Crippen LogP contribution in [0.3, 0.4) is 0 Å². The molecule has 0 spiro atoms. The summed E-state index contributed by atoms with van der Waals surface area (Å²) in [5, 5.41) is 12.2. The van der Waals surface area contributed by atoms with Crippen molar-refractivity contribution >= 4 is 11.6 Å². The lowest BCUT2D eigenvalue weighted by Gasteiger charge is -2.37. The molecule has 1 atom stereocenters. The van der Waals surface area contributed by atoms with Crippen molar-refractivity contribution in [2.24, 2.45) is 0 Å². The predicted molar refractivity (Wildman–Crippen MR) is 126 cm³/mol. The summed E-state index contributed by atoms with van der Waals surface area (Å²) in [5.41, 5.74) is 6.02. The highest BCUT2D eigenvalue weighted by Crippen LogP contribution is 2.31. The summed E-state index contributed by atoms with van der Waals surface area (Å²) in [6.07, 6.45) is 2.78. The molecule has 1 aliphatic heterocycles. The minimum absolute atomic E-state index is 0.102. The number of anilines is 1. The summed E-state index contributed by atoms with van der Waals surface area (Å²) >= 11 is 0. The van der Waals surface area contributed by atoms with Gasteiger partial charge in [0.05, 0.1) is 11.4 Å². The lowest BCUT2D eigenvalue weighted by molar-refractivity contribution is 0.0927. The predicted octanol–water partition coefficient (Wildman–Crippen LogP) is 2.61. The molecule has 2 aliphatic rings. The van der Waals surface area contributed by atoms with Crippen molar-refractivity contribution in [2.45, 2.75) is 32.2 Å². The van der Waals surface area contributed by atoms with E-state index in [0.29, 0.717) is 11.4 Å². The number of carbonyl (C=O) groups is 1. The number of para-hydroxylation sites is 1. The first kappa shape index (κ1) is 20.7. The average molecular weight is 431 g/mol. The molecule has 2 heterocycles. The van der Waals surface area contributed by atoms with E-state index in [1.807, 2.05) is 37.3 Å². The Morgan fingerprint density at radius 3 is 2.56 bits per heavy atom. The van der Waals surface area contributed by atoms with E-state index in [4.69, 9.17) is 0 Å². The molecular weight excluding hydrogens is 400 g/mol. The number of carbonyl (C=O) groups excluding carboxylic acids is 1. The average Bonchev–Trinajstić information content (AvgIpc) is 3.22. The number of nitrogens with one attached hydrogen (secondary N) is 1. The molecule has 0 saturated carbocycles. The van der Waals surface area contributed by atoms with Gasteiger partial charge in [0.25, 0.3) is 5.91 Å². The first-order valence-corrected chi connectivity index (χ1v) is 11.4. The number of hydrogen-bond donors (Lipinski definition) is 1. The van der Waals surface area contributed by atoms with Gasteiger partial charge in [-0.2, -0.15) is 9.90 Å². The van der Waals surface area contributed by atoms with Gasteiger partial charge in [-0.3, -0.25) is 4.79 Å². The molecule has 5 rings (SSSR count). The van der Waals surface area contributed by atoms with Crippen LogP contribution in [0.2, 0.25) is 0 Å². The van der Waals surface area contributed by atoms with Gasteiger partial charge >= 0.3 is 0 Å². The molecule has 1 amide bonds. The van der Waals surface area contributed by atoms with Crippen LogP contribution in [0, 0.1) is 6.92 Å². The number of amides is 1. The van der Waals surface area contributed by atoms with Crippen molar-refractivity contribution < 1.29 is 4.79 Å². The number of likely N-dealkylation sites (N-methyl/N-ethyl adjacent to an activating group) is 1. The minimum atomic E-state index is -0.143. The van der Waals surface area contributed by atoms with Crippen LogP contribution in [0.15, 0.2) is 48.5 Å². The molecule has 7 nitrogen and oxygen atoms in total. The molecule has 0 unspecified atom stereocenters. The summed E-state index contributed by atoms with van der Waals surface area (Å²) in [6.45, 7) is 6.10. The number of nitrogens with zero attached hydrogens (tertiary/aromatic N) is 5. The molecule has 1 aromatic heterocycles. The van der Waals surface area contributed by atoms with Crippen molar-refractivity contribution in [1.82, 2.24) is 25.2 Å². The Bertz CT molecular complexity index is 1100. The monoisotopic (exact) mass is 430 g/mol. The first-order chi connectivity index (χ1) is 15.6. The third kappa shape index (κ3) is 4.12. The van der Waals surface area contributed by atoms with Gasteiger partial charge in [0.1, 0.15) is 0 Å². The van der Waals surface area contributed by atoms with E-state index in [0.717, 1.165) is 51.1 Å². The van der Waals surface area contributed by atoms with E-state index >= 15 is 0 Å². The Balaban J connectivity index is 1.31. The van der Waals surface area contributed by atoms with Crippen molar-refractivity contribution in [2.75, 3.05) is 38.1 Å². The van der Waals surface area contributed by atoms with E-state index in [1.165, 1.54) is 21.6 Å². The van der Waals surface area contributed by atoms with Gasteiger partial charge in [-0.15, -0.1) is 5.10 Å². The van der Waals surface area contributed by atoms with Crippen LogP contribution in [-0.2, 0) is 12.8 Å². The number of rotatable bonds is 4. The van der Waals surface area contributed by atoms with E-state index in [1.54, 1.807) is 0 Å². The standard InChI is InChI=1S/C25H30N6O/c1-18-24(28-31(27-18)21-8-4-3-5-9-21)25(32)26-20-12-11-19-7-6-10-23(22(19)17-20)30-15-13-29(2)14-16-30/h3-10,20H,11-17H2,1-2H3,(H,26,32)/t20-/m0/s1. The van der Waals surface area contributed by atoms with Gasteiger partial charge in [0, 0.05) is 37.9 Å². The zero-order valence-electron chi connectivity index (χ0n) is 18.8. The molecule has 1 fully saturated rings. The maximum atomic E-state index is 13.1. The summed E-state index contributed by atoms with van der Waals surface area (Å²) in [7, 11) is 2.18. The van der Waals surface area contributed by atoms with Gasteiger partial charge in [0.2, 0.25) is 0 Å². The summed E-state index contributed by atoms with van der Waals surface area (Å²) in [4.78, 5) is 19.5. The van der Waals surface area contributed by atoms with Crippen LogP contribution in [-0.4, -0.2) is 65.1 Å². The number of aryl methyl sites for hydroxylation is 2. The Labute approximate surface area is 189 Å². The quantitative estimate of drug-likeness (QED) is 0.689. The van der Waals surface area contributed by atoms with Crippen molar-refractivity contribution in [3.63, 3.8) is 0 Å². The fraction of sp³-hybridized carbons (Fsp3) is 0.400. The second-order valence-electron chi connectivity index (χ2n) is 8.88. The fourth-order valence-corrected chi connectivity index (χ4v) is 4.76. The molecule has 3 aromatic rings. The number of piperazine rings is 1. The topological polar surface area (TPSA) is 66.3 Å². The zero-order chi connectivity index (χ0) is 22.1. The third-order valence-corrected chi connectivity index (χ3v) is 6.62. The molecule has 2 aromatic carbocycles. The van der Waals surface area contributed by atoms with Crippen LogP contribution in [0.1, 0.15) is 33.7 Å². The number of aromatic nitrogens is 3. The van der Waals surface area contributed by atoms with Crippen molar-refractivity contribution in [3.8, 4) is 5.69 Å². The second kappa shape index (κ2) is 8.74. The smallest absolute Gasteiger partial charge is 0.273 e. The third-order valence-electron chi connectivity index (χ3n) is 6.62. The highest BCUT2D eigenvalue weighted by Gasteiger charge is 2.27. The summed E-state index contributed by atoms with van der Waals surface area (Å²) in [5.74, 6) is -0.143. The summed E-state index contributed by atoms with van der Waals surface area (Å²) < 4.78 is 0. The van der Waals surface area contributed by atoms with Gasteiger partial charge in [-0.25, -0.2) is 0 Å². The minimum Gasteiger partial charge on any atom is -0.369 e. The van der Waals surface area contributed by atoms with Crippen LogP contribution in [0.25, 0.3) is 5.69 Å². The van der Waals surface area contributed by atoms with Crippen LogP contribution >= 0.6 is 0 Å². The lowest BCUT2D eigenvalue weighted by atomic mass is 9.86. The highest BCUT2D eigenvalue weighted by molar-refractivity contribution is 5.93. The second-order valence-corrected chi connectivity index (χ2v) is 8.88. The van der Waals surface area contributed by atoms with E-state index in [-0.39, 0.29) is 11.9 Å². The maximum Gasteiger partial charge on any atom is 0.273 e. The van der Waals surface area contributed by atoms with Gasteiger partial charge < -0.3 is 15.1 Å². The van der Waals surface area contributed by atoms with Crippen molar-refractivity contribution in [3.05, 3.63) is 71.0 Å². The molecule has 166 valence electrons. The Hall–Kier alpha value is -3.19. The molecule has 1 aliphatic carbocycles. The molecule has 0 bridgehead atoms. The SMILES string of the molecule is Cc1nn(-c2ccccc2)nc1C(=O)N[C@H]1CCc2cccc(N3CCN(C)CC3)c2C1. The van der Waals surface area contributed by atoms with E-state index in [2.05, 4.69) is 50.6 Å². The molecule has 1 saturated heterocycles. The first-order valence-electron chi connectivity index (χ1n) is 11.4. The lowest BCUT2D eigenvalue weighted by Crippen LogP contribution is -2.45. The fourth-order valence-electron chi connectivity index (χ4n) is 4.76. The normalized spacial score (nSPS) is 18.9. The highest BCUT2D eigenvalue weighted by atomic mass is 16.2.